The van der Waals surface area contributed by atoms with Crippen LogP contribution in [-0.2, 0) is 0 Å². The maximum atomic E-state index is 13.2. The number of unbranched alkanes of at least 4 members (excludes halogenated alkanes) is 3. The molecule has 0 amide bonds. The Labute approximate surface area is 115 Å². The minimum Gasteiger partial charge on any atom is -0.308 e. The van der Waals surface area contributed by atoms with Crippen molar-refractivity contribution >= 4 is 0 Å². The van der Waals surface area contributed by atoms with E-state index in [9.17, 15) is 8.78 Å². The van der Waals surface area contributed by atoms with Gasteiger partial charge >= 0.3 is 0 Å². The van der Waals surface area contributed by atoms with Crippen LogP contribution in [0.1, 0.15) is 64.5 Å². The maximum Gasteiger partial charge on any atom is 0.159 e. The Kier molecular flexibility index (Phi) is 7.00. The Hall–Kier alpha value is -0.960. The first-order valence-corrected chi connectivity index (χ1v) is 7.25. The molecule has 1 nitrogen and oxygen atoms in total. The van der Waals surface area contributed by atoms with E-state index in [4.69, 9.17) is 0 Å². The highest BCUT2D eigenvalue weighted by Gasteiger charge is 2.11. The van der Waals surface area contributed by atoms with Crippen LogP contribution in [0.25, 0.3) is 0 Å². The van der Waals surface area contributed by atoms with E-state index in [1.165, 1.54) is 37.8 Å². The lowest BCUT2D eigenvalue weighted by atomic mass is 10.0. The van der Waals surface area contributed by atoms with Gasteiger partial charge in [-0.05, 0) is 38.0 Å². The third-order valence-corrected chi connectivity index (χ3v) is 3.47. The molecule has 0 aliphatic carbocycles. The van der Waals surface area contributed by atoms with Crippen molar-refractivity contribution in [1.29, 1.82) is 0 Å². The summed E-state index contributed by atoms with van der Waals surface area (Å²) in [5.74, 6) is -1.56. The van der Waals surface area contributed by atoms with E-state index < -0.39 is 11.6 Å². The van der Waals surface area contributed by atoms with Gasteiger partial charge in [-0.1, -0.05) is 38.7 Å². The molecule has 1 N–H and O–H groups in total. The summed E-state index contributed by atoms with van der Waals surface area (Å²) < 4.78 is 26.0. The highest BCUT2D eigenvalue weighted by Crippen LogP contribution is 2.17. The highest BCUT2D eigenvalue weighted by atomic mass is 19.2. The zero-order valence-corrected chi connectivity index (χ0v) is 12.2. The molecule has 2 atom stereocenters. The van der Waals surface area contributed by atoms with E-state index >= 15 is 0 Å². The average molecular weight is 269 g/mol. The number of benzene rings is 1. The fourth-order valence-corrected chi connectivity index (χ4v) is 2.27. The summed E-state index contributed by atoms with van der Waals surface area (Å²) in [6.45, 7) is 6.32. The van der Waals surface area contributed by atoms with Gasteiger partial charge in [-0.15, -0.1) is 0 Å². The van der Waals surface area contributed by atoms with Gasteiger partial charge in [0.2, 0.25) is 0 Å². The Morgan fingerprint density at radius 2 is 1.79 bits per heavy atom. The minimum absolute atomic E-state index is 0.0382. The van der Waals surface area contributed by atoms with Crippen molar-refractivity contribution in [2.45, 2.75) is 65.0 Å². The van der Waals surface area contributed by atoms with Gasteiger partial charge in [0.1, 0.15) is 0 Å². The lowest BCUT2D eigenvalue weighted by molar-refractivity contribution is 0.434. The van der Waals surface area contributed by atoms with E-state index in [0.717, 1.165) is 12.0 Å². The molecule has 108 valence electrons. The largest absolute Gasteiger partial charge is 0.308 e. The molecule has 0 spiro atoms. The summed E-state index contributed by atoms with van der Waals surface area (Å²) in [5, 5.41) is 3.43. The van der Waals surface area contributed by atoms with Crippen LogP contribution in [0.2, 0.25) is 0 Å². The normalized spacial score (nSPS) is 14.4. The molecule has 0 fully saturated rings. The minimum atomic E-state index is -0.788. The van der Waals surface area contributed by atoms with Crippen LogP contribution >= 0.6 is 0 Å². The van der Waals surface area contributed by atoms with E-state index in [0.29, 0.717) is 6.04 Å². The zero-order chi connectivity index (χ0) is 14.3. The van der Waals surface area contributed by atoms with Gasteiger partial charge in [0.05, 0.1) is 0 Å². The predicted octanol–water partition coefficient (Wildman–Crippen LogP) is 4.97. The van der Waals surface area contributed by atoms with Gasteiger partial charge < -0.3 is 5.32 Å². The average Bonchev–Trinajstić information content (AvgIpc) is 2.38. The molecule has 1 aromatic carbocycles. The van der Waals surface area contributed by atoms with E-state index in [-0.39, 0.29) is 6.04 Å². The molecule has 2 unspecified atom stereocenters. The van der Waals surface area contributed by atoms with Crippen LogP contribution < -0.4 is 5.32 Å². The summed E-state index contributed by atoms with van der Waals surface area (Å²) in [6.07, 6.45) is 6.13. The van der Waals surface area contributed by atoms with Crippen molar-refractivity contribution in [2.24, 2.45) is 0 Å². The third-order valence-electron chi connectivity index (χ3n) is 3.47. The number of hydrogen-bond acceptors (Lipinski definition) is 1. The molecule has 1 rings (SSSR count). The first-order chi connectivity index (χ1) is 9.04. The molecule has 0 aliphatic heterocycles. The smallest absolute Gasteiger partial charge is 0.159 e. The molecule has 1 aromatic rings. The lowest BCUT2D eigenvalue weighted by Crippen LogP contribution is -2.28. The van der Waals surface area contributed by atoms with Crippen molar-refractivity contribution in [3.63, 3.8) is 0 Å². The van der Waals surface area contributed by atoms with Crippen molar-refractivity contribution in [2.75, 3.05) is 0 Å². The number of hydrogen-bond donors (Lipinski definition) is 1. The Balaban J connectivity index is 2.40. The summed E-state index contributed by atoms with van der Waals surface area (Å²) in [6, 6.07) is 4.53. The van der Waals surface area contributed by atoms with Crippen molar-refractivity contribution in [3.8, 4) is 0 Å². The first kappa shape index (κ1) is 16.1. The van der Waals surface area contributed by atoms with Crippen LogP contribution in [0.4, 0.5) is 8.78 Å². The van der Waals surface area contributed by atoms with Gasteiger partial charge in [-0.3, -0.25) is 0 Å². The molecular formula is C16H25F2N. The first-order valence-electron chi connectivity index (χ1n) is 7.25. The molecule has 0 radical (unpaired) electrons. The van der Waals surface area contributed by atoms with Crippen molar-refractivity contribution in [3.05, 3.63) is 35.4 Å². The summed E-state index contributed by atoms with van der Waals surface area (Å²) >= 11 is 0. The summed E-state index contributed by atoms with van der Waals surface area (Å²) in [7, 11) is 0. The fraction of sp³-hybridized carbons (Fsp3) is 0.625. The molecule has 0 saturated heterocycles. The molecule has 19 heavy (non-hydrogen) atoms. The Morgan fingerprint density at radius 1 is 1.05 bits per heavy atom. The summed E-state index contributed by atoms with van der Waals surface area (Å²) in [4.78, 5) is 0. The lowest BCUT2D eigenvalue weighted by Gasteiger charge is -2.20. The zero-order valence-electron chi connectivity index (χ0n) is 12.2. The fourth-order valence-electron chi connectivity index (χ4n) is 2.27. The van der Waals surface area contributed by atoms with E-state index in [1.54, 1.807) is 6.07 Å². The molecule has 0 bridgehead atoms. The standard InChI is InChI=1S/C16H25F2N/c1-4-5-6-7-8-12(2)19-13(3)14-9-10-15(17)16(18)11-14/h9-13,19H,4-8H2,1-3H3. The van der Waals surface area contributed by atoms with E-state index in [2.05, 4.69) is 19.2 Å². The SMILES string of the molecule is CCCCCCC(C)NC(C)c1ccc(F)c(F)c1. The van der Waals surface area contributed by atoms with Gasteiger partial charge in [0.25, 0.3) is 0 Å². The Bertz CT molecular complexity index is 379. The Morgan fingerprint density at radius 3 is 2.42 bits per heavy atom. The van der Waals surface area contributed by atoms with Gasteiger partial charge in [0, 0.05) is 12.1 Å². The van der Waals surface area contributed by atoms with Gasteiger partial charge in [-0.25, -0.2) is 8.78 Å². The molecule has 0 aromatic heterocycles. The molecule has 0 heterocycles. The topological polar surface area (TPSA) is 12.0 Å². The van der Waals surface area contributed by atoms with Crippen LogP contribution in [0, 0.1) is 11.6 Å². The van der Waals surface area contributed by atoms with Crippen LogP contribution in [-0.4, -0.2) is 6.04 Å². The second-order valence-corrected chi connectivity index (χ2v) is 5.31. The second kappa shape index (κ2) is 8.26. The number of nitrogens with one attached hydrogen (secondary N) is 1. The molecule has 0 aliphatic rings. The maximum absolute atomic E-state index is 13.2. The van der Waals surface area contributed by atoms with Crippen molar-refractivity contribution < 1.29 is 8.78 Å². The predicted molar refractivity (Wildman–Crippen MR) is 76.1 cm³/mol. The number of rotatable bonds is 8. The molecular weight excluding hydrogens is 244 g/mol. The van der Waals surface area contributed by atoms with Gasteiger partial charge in [0.15, 0.2) is 11.6 Å². The third kappa shape index (κ3) is 5.68. The number of halogens is 2. The van der Waals surface area contributed by atoms with Crippen molar-refractivity contribution in [1.82, 2.24) is 5.32 Å². The van der Waals surface area contributed by atoms with E-state index in [1.807, 2.05) is 6.92 Å². The highest BCUT2D eigenvalue weighted by molar-refractivity contribution is 5.20. The molecule has 3 heteroatoms. The summed E-state index contributed by atoms with van der Waals surface area (Å²) in [5.41, 5.74) is 0.791. The monoisotopic (exact) mass is 269 g/mol. The molecule has 0 saturated carbocycles. The quantitative estimate of drug-likeness (QED) is 0.657. The van der Waals surface area contributed by atoms with Crippen LogP contribution in [0.3, 0.4) is 0 Å². The second-order valence-electron chi connectivity index (χ2n) is 5.31. The van der Waals surface area contributed by atoms with Gasteiger partial charge in [-0.2, -0.15) is 0 Å². The van der Waals surface area contributed by atoms with Crippen LogP contribution in [0.15, 0.2) is 18.2 Å². The van der Waals surface area contributed by atoms with Crippen LogP contribution in [0.5, 0.6) is 0 Å².